The van der Waals surface area contributed by atoms with Crippen LogP contribution in [-0.4, -0.2) is 48.7 Å². The standard InChI is InChI=1S/C17H24N3O/c1-3-20(4-2)12-10-19(11-13-20)16-7-5-15(6-8-16)17-18-9-14-21-17/h5-9,14H,3-4,10-13H2,1-2H3/q+1. The summed E-state index contributed by atoms with van der Waals surface area (Å²) in [5.41, 5.74) is 2.34. The first-order valence-electron chi connectivity index (χ1n) is 7.86. The van der Waals surface area contributed by atoms with Crippen LogP contribution in [0.25, 0.3) is 11.5 Å². The SMILES string of the molecule is CC[N+]1(CC)CCN(c2ccc(-c3ncco3)cc2)CC1. The Morgan fingerprint density at radius 1 is 1.10 bits per heavy atom. The first-order valence-corrected chi connectivity index (χ1v) is 7.86. The van der Waals surface area contributed by atoms with Gasteiger partial charge in [-0.15, -0.1) is 0 Å². The second-order valence-corrected chi connectivity index (χ2v) is 5.79. The molecule has 0 atom stereocenters. The number of quaternary nitrogens is 1. The molecule has 2 aromatic rings. The van der Waals surface area contributed by atoms with Gasteiger partial charge in [0, 0.05) is 11.3 Å². The van der Waals surface area contributed by atoms with Gasteiger partial charge < -0.3 is 13.8 Å². The van der Waals surface area contributed by atoms with Gasteiger partial charge in [0.2, 0.25) is 5.89 Å². The number of anilines is 1. The van der Waals surface area contributed by atoms with Gasteiger partial charge in [0.1, 0.15) is 6.26 Å². The Morgan fingerprint density at radius 3 is 2.29 bits per heavy atom. The summed E-state index contributed by atoms with van der Waals surface area (Å²) in [6.07, 6.45) is 3.29. The highest BCUT2D eigenvalue weighted by Gasteiger charge is 2.29. The number of oxazole rings is 1. The largest absolute Gasteiger partial charge is 0.445 e. The maximum atomic E-state index is 5.33. The molecule has 0 amide bonds. The summed E-state index contributed by atoms with van der Waals surface area (Å²) < 4.78 is 6.59. The van der Waals surface area contributed by atoms with Crippen LogP contribution in [0.4, 0.5) is 5.69 Å². The van der Waals surface area contributed by atoms with E-state index in [1.54, 1.807) is 12.5 Å². The van der Waals surface area contributed by atoms with Crippen molar-refractivity contribution in [1.82, 2.24) is 4.98 Å². The highest BCUT2D eigenvalue weighted by molar-refractivity contribution is 5.59. The minimum atomic E-state index is 0.688. The third-order valence-corrected chi connectivity index (χ3v) is 4.94. The molecule has 1 aromatic carbocycles. The van der Waals surface area contributed by atoms with Crippen molar-refractivity contribution in [2.45, 2.75) is 13.8 Å². The average molecular weight is 286 g/mol. The number of nitrogens with zero attached hydrogens (tertiary/aromatic N) is 3. The van der Waals surface area contributed by atoms with E-state index in [0.717, 1.165) is 18.7 Å². The van der Waals surface area contributed by atoms with Crippen LogP contribution in [-0.2, 0) is 0 Å². The molecule has 1 fully saturated rings. The van der Waals surface area contributed by atoms with Gasteiger partial charge in [-0.3, -0.25) is 0 Å². The van der Waals surface area contributed by atoms with Crippen molar-refractivity contribution in [1.29, 1.82) is 0 Å². The van der Waals surface area contributed by atoms with Crippen molar-refractivity contribution >= 4 is 5.69 Å². The number of rotatable bonds is 4. The molecule has 2 heterocycles. The van der Waals surface area contributed by atoms with Crippen LogP contribution >= 0.6 is 0 Å². The first kappa shape index (κ1) is 14.1. The quantitative estimate of drug-likeness (QED) is 0.809. The molecule has 0 N–H and O–H groups in total. The van der Waals surface area contributed by atoms with E-state index in [1.807, 2.05) is 0 Å². The van der Waals surface area contributed by atoms with Crippen molar-refractivity contribution in [2.24, 2.45) is 0 Å². The number of hydrogen-bond donors (Lipinski definition) is 0. The van der Waals surface area contributed by atoms with Crippen LogP contribution in [0.5, 0.6) is 0 Å². The minimum Gasteiger partial charge on any atom is -0.445 e. The van der Waals surface area contributed by atoms with E-state index in [0.29, 0.717) is 5.89 Å². The summed E-state index contributed by atoms with van der Waals surface area (Å²) in [5.74, 6) is 0.688. The van der Waals surface area contributed by atoms with Gasteiger partial charge in [-0.2, -0.15) is 0 Å². The van der Waals surface area contributed by atoms with Gasteiger partial charge in [-0.05, 0) is 38.1 Å². The van der Waals surface area contributed by atoms with Crippen molar-refractivity contribution < 1.29 is 8.90 Å². The van der Waals surface area contributed by atoms with Gasteiger partial charge in [0.15, 0.2) is 0 Å². The molecule has 0 aliphatic carbocycles. The third kappa shape index (κ3) is 2.81. The molecule has 0 bridgehead atoms. The van der Waals surface area contributed by atoms with Crippen LogP contribution < -0.4 is 4.90 Å². The number of benzene rings is 1. The topological polar surface area (TPSA) is 29.3 Å². The number of hydrogen-bond acceptors (Lipinski definition) is 3. The molecule has 0 unspecified atom stereocenters. The van der Waals surface area contributed by atoms with E-state index < -0.39 is 0 Å². The fraction of sp³-hybridized carbons (Fsp3) is 0.471. The van der Waals surface area contributed by atoms with Crippen LogP contribution in [0.2, 0.25) is 0 Å². The summed E-state index contributed by atoms with van der Waals surface area (Å²) in [5, 5.41) is 0. The van der Waals surface area contributed by atoms with Crippen molar-refractivity contribution in [2.75, 3.05) is 44.2 Å². The summed E-state index contributed by atoms with van der Waals surface area (Å²) >= 11 is 0. The minimum absolute atomic E-state index is 0.688. The molecular weight excluding hydrogens is 262 g/mol. The van der Waals surface area contributed by atoms with E-state index in [-0.39, 0.29) is 0 Å². The lowest BCUT2D eigenvalue weighted by Gasteiger charge is -2.44. The van der Waals surface area contributed by atoms with Gasteiger partial charge >= 0.3 is 0 Å². The molecule has 4 heteroatoms. The molecule has 1 saturated heterocycles. The lowest BCUT2D eigenvalue weighted by Crippen LogP contribution is -2.59. The van der Waals surface area contributed by atoms with Crippen molar-refractivity contribution in [3.63, 3.8) is 0 Å². The predicted octanol–water partition coefficient (Wildman–Crippen LogP) is 3.02. The zero-order valence-electron chi connectivity index (χ0n) is 13.0. The zero-order chi connectivity index (χ0) is 14.7. The molecule has 1 aliphatic heterocycles. The number of piperazine rings is 1. The highest BCUT2D eigenvalue weighted by Crippen LogP contribution is 2.24. The summed E-state index contributed by atoms with van der Waals surface area (Å²) in [6.45, 7) is 11.9. The summed E-state index contributed by atoms with van der Waals surface area (Å²) in [7, 11) is 0. The molecule has 1 aromatic heterocycles. The number of aromatic nitrogens is 1. The molecular formula is C17H24N3O+. The Morgan fingerprint density at radius 2 is 1.76 bits per heavy atom. The summed E-state index contributed by atoms with van der Waals surface area (Å²) in [6, 6.07) is 8.55. The van der Waals surface area contributed by atoms with Gasteiger partial charge in [-0.25, -0.2) is 4.98 Å². The van der Waals surface area contributed by atoms with Gasteiger partial charge in [0.25, 0.3) is 0 Å². The van der Waals surface area contributed by atoms with Crippen LogP contribution in [0.15, 0.2) is 41.1 Å². The molecule has 3 rings (SSSR count). The Balaban J connectivity index is 1.69. The normalized spacial score (nSPS) is 17.9. The first-order chi connectivity index (χ1) is 10.3. The fourth-order valence-corrected chi connectivity index (χ4v) is 3.18. The van der Waals surface area contributed by atoms with Crippen LogP contribution in [0.1, 0.15) is 13.8 Å². The molecule has 112 valence electrons. The second-order valence-electron chi connectivity index (χ2n) is 5.79. The van der Waals surface area contributed by atoms with E-state index in [2.05, 4.69) is 48.0 Å². The Bertz CT molecular complexity index is 548. The molecule has 0 radical (unpaired) electrons. The third-order valence-electron chi connectivity index (χ3n) is 4.94. The zero-order valence-corrected chi connectivity index (χ0v) is 13.0. The van der Waals surface area contributed by atoms with E-state index in [1.165, 1.54) is 36.3 Å². The lowest BCUT2D eigenvalue weighted by atomic mass is 10.1. The monoisotopic (exact) mass is 286 g/mol. The van der Waals surface area contributed by atoms with Crippen LogP contribution in [0, 0.1) is 0 Å². The molecule has 1 aliphatic rings. The Labute approximate surface area is 126 Å². The van der Waals surface area contributed by atoms with E-state index in [9.17, 15) is 0 Å². The predicted molar refractivity (Wildman–Crippen MR) is 85.2 cm³/mol. The molecule has 21 heavy (non-hydrogen) atoms. The number of likely N-dealkylation sites (N-methyl/N-ethyl adjacent to an activating group) is 1. The van der Waals surface area contributed by atoms with E-state index in [4.69, 9.17) is 4.42 Å². The maximum Gasteiger partial charge on any atom is 0.225 e. The summed E-state index contributed by atoms with van der Waals surface area (Å²) in [4.78, 5) is 6.67. The van der Waals surface area contributed by atoms with Gasteiger partial charge in [-0.1, -0.05) is 0 Å². The van der Waals surface area contributed by atoms with Gasteiger partial charge in [0.05, 0.1) is 45.5 Å². The second kappa shape index (κ2) is 5.90. The van der Waals surface area contributed by atoms with E-state index >= 15 is 0 Å². The molecule has 4 nitrogen and oxygen atoms in total. The Hall–Kier alpha value is -1.81. The fourth-order valence-electron chi connectivity index (χ4n) is 3.18. The lowest BCUT2D eigenvalue weighted by molar-refractivity contribution is -0.925. The maximum absolute atomic E-state index is 5.33. The molecule has 0 spiro atoms. The average Bonchev–Trinajstić information content (AvgIpc) is 3.10. The van der Waals surface area contributed by atoms with Crippen LogP contribution in [0.3, 0.4) is 0 Å². The highest BCUT2D eigenvalue weighted by atomic mass is 16.3. The Kier molecular flexibility index (Phi) is 3.97. The van der Waals surface area contributed by atoms with Crippen molar-refractivity contribution in [3.05, 3.63) is 36.7 Å². The molecule has 0 saturated carbocycles. The smallest absolute Gasteiger partial charge is 0.225 e. The van der Waals surface area contributed by atoms with Crippen molar-refractivity contribution in [3.8, 4) is 11.5 Å².